The molecular weight excluding hydrogens is 378 g/mol. The number of amidine groups is 1. The van der Waals surface area contributed by atoms with Crippen molar-refractivity contribution in [3.05, 3.63) is 24.3 Å². The fourth-order valence-electron chi connectivity index (χ4n) is 4.25. The van der Waals surface area contributed by atoms with Crippen LogP contribution in [0.3, 0.4) is 0 Å². The molecule has 1 aromatic rings. The van der Waals surface area contributed by atoms with E-state index < -0.39 is 10.1 Å². The third-order valence-corrected chi connectivity index (χ3v) is 6.49. The van der Waals surface area contributed by atoms with Crippen molar-refractivity contribution in [1.29, 1.82) is 0 Å². The van der Waals surface area contributed by atoms with Crippen molar-refractivity contribution >= 4 is 21.6 Å². The smallest absolute Gasteiger partial charge is 0.296 e. The van der Waals surface area contributed by atoms with Crippen LogP contribution < -0.4 is 10.6 Å². The molecule has 1 saturated carbocycles. The van der Waals surface area contributed by atoms with Gasteiger partial charge in [-0.05, 0) is 62.6 Å². The van der Waals surface area contributed by atoms with E-state index in [1.807, 2.05) is 0 Å². The summed E-state index contributed by atoms with van der Waals surface area (Å²) < 4.78 is 37.9. The van der Waals surface area contributed by atoms with E-state index in [9.17, 15) is 13.0 Å². The van der Waals surface area contributed by atoms with E-state index in [1.54, 1.807) is 25.3 Å². The third-order valence-electron chi connectivity index (χ3n) is 5.58. The number of rotatable bonds is 7. The maximum atomic E-state index is 11.6. The van der Waals surface area contributed by atoms with Crippen LogP contribution in [0.15, 0.2) is 34.2 Å². The van der Waals surface area contributed by atoms with Crippen LogP contribution in [0.1, 0.15) is 44.9 Å². The number of ether oxygens (including phenoxy) is 1. The van der Waals surface area contributed by atoms with Gasteiger partial charge in [0.05, 0.1) is 5.69 Å². The molecule has 0 radical (unpaired) electrons. The van der Waals surface area contributed by atoms with Crippen molar-refractivity contribution in [2.75, 3.05) is 25.6 Å². The molecule has 3 N–H and O–H groups in total. The van der Waals surface area contributed by atoms with Gasteiger partial charge in [-0.25, -0.2) is 0 Å². The summed E-state index contributed by atoms with van der Waals surface area (Å²) in [5.74, 6) is 2.07. The molecule has 7 nitrogen and oxygen atoms in total. The Balaban J connectivity index is 1.58. The topological polar surface area (TPSA) is 100 Å². The molecule has 0 spiro atoms. The molecule has 2 aliphatic rings. The van der Waals surface area contributed by atoms with Crippen LogP contribution in [0, 0.1) is 11.8 Å². The molecule has 0 saturated heterocycles. The second kappa shape index (κ2) is 9.82. The monoisotopic (exact) mass is 409 g/mol. The molecule has 3 unspecified atom stereocenters. The predicted molar refractivity (Wildman–Crippen MR) is 110 cm³/mol. The van der Waals surface area contributed by atoms with E-state index >= 15 is 0 Å². The van der Waals surface area contributed by atoms with Gasteiger partial charge in [-0.1, -0.05) is 18.6 Å². The first kappa shape index (κ1) is 21.2. The van der Waals surface area contributed by atoms with Crippen LogP contribution in [0.5, 0.6) is 0 Å². The first-order valence-electron chi connectivity index (χ1n) is 10.1. The summed E-state index contributed by atoms with van der Waals surface area (Å²) in [4.78, 5) is 4.61. The molecule has 1 heterocycles. The van der Waals surface area contributed by atoms with Gasteiger partial charge < -0.3 is 10.1 Å². The van der Waals surface area contributed by atoms with Crippen molar-refractivity contribution in [1.82, 2.24) is 5.32 Å². The first-order chi connectivity index (χ1) is 13.5. The summed E-state index contributed by atoms with van der Waals surface area (Å²) in [6.07, 6.45) is 7.71. The highest BCUT2D eigenvalue weighted by atomic mass is 32.2. The number of hydrogen-bond acceptors (Lipinski definition) is 6. The Morgan fingerprint density at radius 1 is 1.18 bits per heavy atom. The minimum Gasteiger partial charge on any atom is -0.384 e. The van der Waals surface area contributed by atoms with Gasteiger partial charge in [0.2, 0.25) is 0 Å². The summed E-state index contributed by atoms with van der Waals surface area (Å²) >= 11 is 0. The van der Waals surface area contributed by atoms with Crippen molar-refractivity contribution in [2.24, 2.45) is 16.8 Å². The Morgan fingerprint density at radius 3 is 2.75 bits per heavy atom. The van der Waals surface area contributed by atoms with E-state index in [4.69, 9.17) is 9.73 Å². The van der Waals surface area contributed by atoms with Crippen molar-refractivity contribution in [3.63, 3.8) is 0 Å². The summed E-state index contributed by atoms with van der Waals surface area (Å²) in [6.45, 7) is 1.79. The van der Waals surface area contributed by atoms with Crippen LogP contribution in [-0.4, -0.2) is 45.2 Å². The molecular formula is C20H31N3O4S. The number of aliphatic imine (C=N–C) groups is 1. The highest BCUT2D eigenvalue weighted by Gasteiger charge is 2.24. The minimum atomic E-state index is -4.28. The fraction of sp³-hybridized carbons (Fsp3) is 0.650. The molecule has 3 atom stereocenters. The normalized spacial score (nSPS) is 25.9. The summed E-state index contributed by atoms with van der Waals surface area (Å²) in [5.41, 5.74) is 0.360. The van der Waals surface area contributed by atoms with Gasteiger partial charge in [0.15, 0.2) is 0 Å². The Hall–Kier alpha value is -1.48. The van der Waals surface area contributed by atoms with Crippen molar-refractivity contribution < 1.29 is 17.7 Å². The lowest BCUT2D eigenvalue weighted by molar-refractivity contribution is 0.113. The summed E-state index contributed by atoms with van der Waals surface area (Å²) in [6, 6.07) is 6.34. The van der Waals surface area contributed by atoms with Crippen molar-refractivity contribution in [2.45, 2.75) is 56.0 Å². The third kappa shape index (κ3) is 6.01. The average molecular weight is 410 g/mol. The zero-order chi connectivity index (χ0) is 20.0. The molecule has 0 aromatic heterocycles. The number of nitrogens with one attached hydrogen (secondary N) is 2. The molecule has 3 rings (SSSR count). The zero-order valence-corrected chi connectivity index (χ0v) is 17.2. The molecule has 1 fully saturated rings. The first-order valence-corrected chi connectivity index (χ1v) is 11.5. The Bertz CT molecular complexity index is 779. The summed E-state index contributed by atoms with van der Waals surface area (Å²) in [5, 5.41) is 6.68. The quantitative estimate of drug-likeness (QED) is 0.598. The SMILES string of the molecule is COCC1CCCC(CNC2CCCC(Nc3ccccc3S(=O)(=O)O)=N2)C1. The Morgan fingerprint density at radius 2 is 1.96 bits per heavy atom. The number of benzene rings is 1. The fourth-order valence-corrected chi connectivity index (χ4v) is 4.90. The highest BCUT2D eigenvalue weighted by molar-refractivity contribution is 7.86. The molecule has 156 valence electrons. The van der Waals surface area contributed by atoms with Gasteiger partial charge in [-0.3, -0.25) is 14.9 Å². The Kier molecular flexibility index (Phi) is 7.45. The molecule has 28 heavy (non-hydrogen) atoms. The highest BCUT2D eigenvalue weighted by Crippen LogP contribution is 2.29. The molecule has 1 aliphatic carbocycles. The van der Waals surface area contributed by atoms with Crippen LogP contribution >= 0.6 is 0 Å². The van der Waals surface area contributed by atoms with Gasteiger partial charge in [-0.2, -0.15) is 8.42 Å². The number of para-hydroxylation sites is 1. The predicted octanol–water partition coefficient (Wildman–Crippen LogP) is 3.30. The van der Waals surface area contributed by atoms with Gasteiger partial charge in [0.1, 0.15) is 16.9 Å². The second-order valence-electron chi connectivity index (χ2n) is 7.84. The van der Waals surface area contributed by atoms with E-state index in [-0.39, 0.29) is 11.1 Å². The number of methoxy groups -OCH3 is 1. The standard InChI is InChI=1S/C20H31N3O4S/c1-27-14-16-7-4-6-15(12-16)13-21-19-10-5-11-20(23-19)22-17-8-2-3-9-18(17)28(24,25)26/h2-3,8-9,15-16,19,21H,4-7,10-14H2,1H3,(H,22,23)(H,24,25,26). The van der Waals surface area contributed by atoms with Gasteiger partial charge in [0.25, 0.3) is 10.1 Å². The minimum absolute atomic E-state index is 0.0388. The number of hydrogen-bond donors (Lipinski definition) is 3. The lowest BCUT2D eigenvalue weighted by Gasteiger charge is -2.30. The molecule has 1 aromatic carbocycles. The maximum Gasteiger partial charge on any atom is 0.296 e. The van der Waals surface area contributed by atoms with Crippen LogP contribution in [-0.2, 0) is 14.9 Å². The van der Waals surface area contributed by atoms with Crippen molar-refractivity contribution in [3.8, 4) is 0 Å². The van der Waals surface area contributed by atoms with Gasteiger partial charge in [0, 0.05) is 20.1 Å². The Labute approximate surface area is 167 Å². The van der Waals surface area contributed by atoms with Crippen LogP contribution in [0.4, 0.5) is 5.69 Å². The largest absolute Gasteiger partial charge is 0.384 e. The average Bonchev–Trinajstić information content (AvgIpc) is 2.67. The van der Waals surface area contributed by atoms with E-state index in [0.717, 1.165) is 38.2 Å². The molecule has 0 amide bonds. The number of anilines is 1. The summed E-state index contributed by atoms with van der Waals surface area (Å²) in [7, 11) is -2.50. The molecule has 1 aliphatic heterocycles. The van der Waals surface area contributed by atoms with E-state index in [2.05, 4.69) is 10.6 Å². The lowest BCUT2D eigenvalue weighted by Crippen LogP contribution is -2.37. The second-order valence-corrected chi connectivity index (χ2v) is 9.23. The molecule has 0 bridgehead atoms. The lowest BCUT2D eigenvalue weighted by atomic mass is 9.81. The van der Waals surface area contributed by atoms with E-state index in [1.165, 1.54) is 31.7 Å². The van der Waals surface area contributed by atoms with Gasteiger partial charge in [-0.15, -0.1) is 0 Å². The zero-order valence-electron chi connectivity index (χ0n) is 16.4. The molecule has 8 heteroatoms. The number of nitrogens with zero attached hydrogens (tertiary/aromatic N) is 1. The maximum absolute atomic E-state index is 11.6. The van der Waals surface area contributed by atoms with Gasteiger partial charge >= 0.3 is 0 Å². The van der Waals surface area contributed by atoms with E-state index in [0.29, 0.717) is 17.5 Å². The van der Waals surface area contributed by atoms with Crippen LogP contribution in [0.25, 0.3) is 0 Å². The van der Waals surface area contributed by atoms with Crippen LogP contribution in [0.2, 0.25) is 0 Å².